The first-order valence-corrected chi connectivity index (χ1v) is 7.98. The van der Waals surface area contributed by atoms with Gasteiger partial charge in [-0.2, -0.15) is 0 Å². The standard InChI is InChI=1S/C19H20N2O3/c1-24-17-5-3-2-4-14(17)12-18(22)20-15-8-6-13(7-9-15)19(23)21-16-10-11-16/h2-9,16H,10-12H2,1H3,(H,20,22)(H,21,23). The zero-order valence-electron chi connectivity index (χ0n) is 13.5. The number of hydrogen-bond acceptors (Lipinski definition) is 3. The molecule has 0 bridgehead atoms. The van der Waals surface area contributed by atoms with Crippen molar-refractivity contribution < 1.29 is 14.3 Å². The van der Waals surface area contributed by atoms with E-state index in [1.165, 1.54) is 0 Å². The van der Waals surface area contributed by atoms with E-state index in [1.807, 2.05) is 24.3 Å². The summed E-state index contributed by atoms with van der Waals surface area (Å²) < 4.78 is 5.25. The van der Waals surface area contributed by atoms with Crippen LogP contribution in [0.3, 0.4) is 0 Å². The van der Waals surface area contributed by atoms with Crippen molar-refractivity contribution in [2.45, 2.75) is 25.3 Å². The van der Waals surface area contributed by atoms with E-state index in [0.29, 0.717) is 23.0 Å². The van der Waals surface area contributed by atoms with Crippen LogP contribution in [0.2, 0.25) is 0 Å². The number of ether oxygens (including phenoxy) is 1. The minimum absolute atomic E-state index is 0.0654. The number of para-hydroxylation sites is 1. The lowest BCUT2D eigenvalue weighted by Crippen LogP contribution is -2.25. The average molecular weight is 324 g/mol. The molecule has 0 spiro atoms. The van der Waals surface area contributed by atoms with Crippen LogP contribution in [0.4, 0.5) is 5.69 Å². The predicted molar refractivity (Wildman–Crippen MR) is 92.3 cm³/mol. The normalized spacial score (nSPS) is 13.2. The number of benzene rings is 2. The molecular formula is C19H20N2O3. The molecule has 0 unspecified atom stereocenters. The Bertz CT molecular complexity index is 737. The summed E-state index contributed by atoms with van der Waals surface area (Å²) in [5.41, 5.74) is 2.10. The maximum atomic E-state index is 12.2. The maximum absolute atomic E-state index is 12.2. The maximum Gasteiger partial charge on any atom is 0.251 e. The average Bonchev–Trinajstić information content (AvgIpc) is 3.40. The number of anilines is 1. The zero-order valence-corrected chi connectivity index (χ0v) is 13.5. The Kier molecular flexibility index (Phi) is 4.79. The van der Waals surface area contributed by atoms with Crippen molar-refractivity contribution in [3.8, 4) is 5.75 Å². The van der Waals surface area contributed by atoms with Crippen LogP contribution in [-0.4, -0.2) is 25.0 Å². The molecular weight excluding hydrogens is 304 g/mol. The Morgan fingerprint density at radius 1 is 1.08 bits per heavy atom. The molecule has 1 aliphatic carbocycles. The summed E-state index contributed by atoms with van der Waals surface area (Å²) >= 11 is 0. The second-order valence-corrected chi connectivity index (χ2v) is 5.86. The van der Waals surface area contributed by atoms with Gasteiger partial charge >= 0.3 is 0 Å². The van der Waals surface area contributed by atoms with E-state index in [1.54, 1.807) is 31.4 Å². The molecule has 2 aromatic carbocycles. The summed E-state index contributed by atoms with van der Waals surface area (Å²) in [6, 6.07) is 14.7. The number of methoxy groups -OCH3 is 1. The Labute approximate surface area is 141 Å². The molecule has 2 amide bonds. The lowest BCUT2D eigenvalue weighted by molar-refractivity contribution is -0.115. The molecule has 1 aliphatic rings. The van der Waals surface area contributed by atoms with E-state index in [9.17, 15) is 9.59 Å². The van der Waals surface area contributed by atoms with Crippen LogP contribution in [0.5, 0.6) is 5.75 Å². The molecule has 1 saturated carbocycles. The Morgan fingerprint density at radius 3 is 2.46 bits per heavy atom. The molecule has 0 aromatic heterocycles. The van der Waals surface area contributed by atoms with Crippen molar-refractivity contribution >= 4 is 17.5 Å². The molecule has 2 N–H and O–H groups in total. The largest absolute Gasteiger partial charge is 0.496 e. The highest BCUT2D eigenvalue weighted by Gasteiger charge is 2.23. The van der Waals surface area contributed by atoms with Gasteiger partial charge in [0.2, 0.25) is 5.91 Å². The van der Waals surface area contributed by atoms with Gasteiger partial charge in [-0.05, 0) is 43.2 Å². The molecule has 0 atom stereocenters. The number of amides is 2. The van der Waals surface area contributed by atoms with E-state index in [4.69, 9.17) is 4.74 Å². The Balaban J connectivity index is 1.58. The molecule has 1 fully saturated rings. The van der Waals surface area contributed by atoms with Crippen molar-refractivity contribution in [1.29, 1.82) is 0 Å². The molecule has 24 heavy (non-hydrogen) atoms. The molecule has 0 radical (unpaired) electrons. The monoisotopic (exact) mass is 324 g/mol. The van der Waals surface area contributed by atoms with Crippen LogP contribution in [0, 0.1) is 0 Å². The van der Waals surface area contributed by atoms with E-state index in [0.717, 1.165) is 18.4 Å². The summed E-state index contributed by atoms with van der Waals surface area (Å²) in [6.45, 7) is 0. The topological polar surface area (TPSA) is 67.4 Å². The molecule has 3 rings (SSSR count). The van der Waals surface area contributed by atoms with E-state index in [-0.39, 0.29) is 18.2 Å². The summed E-state index contributed by atoms with van der Waals surface area (Å²) in [6.07, 6.45) is 2.35. The van der Waals surface area contributed by atoms with Crippen molar-refractivity contribution in [3.63, 3.8) is 0 Å². The number of nitrogens with one attached hydrogen (secondary N) is 2. The number of rotatable bonds is 6. The van der Waals surface area contributed by atoms with Crippen molar-refractivity contribution in [2.75, 3.05) is 12.4 Å². The smallest absolute Gasteiger partial charge is 0.251 e. The summed E-state index contributed by atoms with van der Waals surface area (Å²) in [5.74, 6) is 0.499. The fourth-order valence-corrected chi connectivity index (χ4v) is 2.43. The first kappa shape index (κ1) is 16.1. The number of hydrogen-bond donors (Lipinski definition) is 2. The number of carbonyl (C=O) groups is 2. The third-order valence-corrected chi connectivity index (χ3v) is 3.89. The second kappa shape index (κ2) is 7.17. The third-order valence-electron chi connectivity index (χ3n) is 3.89. The molecule has 0 aliphatic heterocycles. The lowest BCUT2D eigenvalue weighted by atomic mass is 10.1. The Hall–Kier alpha value is -2.82. The van der Waals surface area contributed by atoms with Gasteiger partial charge in [0.05, 0.1) is 13.5 Å². The van der Waals surface area contributed by atoms with E-state index >= 15 is 0 Å². The minimum atomic E-state index is -0.130. The summed E-state index contributed by atoms with van der Waals surface area (Å²) in [4.78, 5) is 24.1. The van der Waals surface area contributed by atoms with E-state index in [2.05, 4.69) is 10.6 Å². The highest BCUT2D eigenvalue weighted by Crippen LogP contribution is 2.20. The molecule has 5 nitrogen and oxygen atoms in total. The number of carbonyl (C=O) groups excluding carboxylic acids is 2. The van der Waals surface area contributed by atoms with Gasteiger partial charge in [-0.1, -0.05) is 18.2 Å². The lowest BCUT2D eigenvalue weighted by Gasteiger charge is -2.09. The fourth-order valence-electron chi connectivity index (χ4n) is 2.43. The van der Waals surface area contributed by atoms with Gasteiger partial charge < -0.3 is 15.4 Å². The minimum Gasteiger partial charge on any atom is -0.496 e. The van der Waals surface area contributed by atoms with E-state index < -0.39 is 0 Å². The molecule has 124 valence electrons. The van der Waals surface area contributed by atoms with Crippen LogP contribution >= 0.6 is 0 Å². The van der Waals surface area contributed by atoms with Gasteiger partial charge in [-0.15, -0.1) is 0 Å². The van der Waals surface area contributed by atoms with Crippen LogP contribution in [0.1, 0.15) is 28.8 Å². The molecule has 0 saturated heterocycles. The molecule has 0 heterocycles. The second-order valence-electron chi connectivity index (χ2n) is 5.86. The highest BCUT2D eigenvalue weighted by atomic mass is 16.5. The van der Waals surface area contributed by atoms with Gasteiger partial charge in [-0.3, -0.25) is 9.59 Å². The first-order chi connectivity index (χ1) is 11.7. The fraction of sp³-hybridized carbons (Fsp3) is 0.263. The van der Waals surface area contributed by atoms with Gasteiger partial charge in [0, 0.05) is 22.9 Å². The highest BCUT2D eigenvalue weighted by molar-refractivity contribution is 5.96. The summed E-state index contributed by atoms with van der Waals surface area (Å²) in [7, 11) is 1.59. The van der Waals surface area contributed by atoms with Crippen LogP contribution in [-0.2, 0) is 11.2 Å². The first-order valence-electron chi connectivity index (χ1n) is 7.98. The zero-order chi connectivity index (χ0) is 16.9. The van der Waals surface area contributed by atoms with Crippen molar-refractivity contribution in [1.82, 2.24) is 5.32 Å². The van der Waals surface area contributed by atoms with Crippen LogP contribution < -0.4 is 15.4 Å². The molecule has 2 aromatic rings. The SMILES string of the molecule is COc1ccccc1CC(=O)Nc1ccc(C(=O)NC2CC2)cc1. The van der Waals surface area contributed by atoms with Gasteiger partial charge in [-0.25, -0.2) is 0 Å². The Morgan fingerprint density at radius 2 is 1.79 bits per heavy atom. The quantitative estimate of drug-likeness (QED) is 0.858. The van der Waals surface area contributed by atoms with Crippen LogP contribution in [0.15, 0.2) is 48.5 Å². The third kappa shape index (κ3) is 4.13. The van der Waals surface area contributed by atoms with Gasteiger partial charge in [0.15, 0.2) is 0 Å². The van der Waals surface area contributed by atoms with Crippen molar-refractivity contribution in [3.05, 3.63) is 59.7 Å². The van der Waals surface area contributed by atoms with Gasteiger partial charge in [0.25, 0.3) is 5.91 Å². The summed E-state index contributed by atoms with van der Waals surface area (Å²) in [5, 5.41) is 5.77. The molecule has 5 heteroatoms. The van der Waals surface area contributed by atoms with Crippen LogP contribution in [0.25, 0.3) is 0 Å². The van der Waals surface area contributed by atoms with Crippen molar-refractivity contribution in [2.24, 2.45) is 0 Å². The predicted octanol–water partition coefficient (Wildman–Crippen LogP) is 2.77. The van der Waals surface area contributed by atoms with Gasteiger partial charge in [0.1, 0.15) is 5.75 Å².